The van der Waals surface area contributed by atoms with Gasteiger partial charge in [0.1, 0.15) is 48.1 Å². The van der Waals surface area contributed by atoms with E-state index in [-0.39, 0.29) is 35.1 Å². The first kappa shape index (κ1) is 81.3. The molecule has 0 unspecified atom stereocenters. The normalized spacial score (nSPS) is 10.8. The second-order valence-corrected chi connectivity index (χ2v) is 24.0. The molecule has 4 aromatic rings. The van der Waals surface area contributed by atoms with Gasteiger partial charge in [0.05, 0.1) is 60.3 Å². The van der Waals surface area contributed by atoms with Gasteiger partial charge >= 0.3 is 0 Å². The van der Waals surface area contributed by atoms with E-state index in [9.17, 15) is 0 Å². The summed E-state index contributed by atoms with van der Waals surface area (Å²) in [6, 6.07) is 0. The molecule has 0 bridgehead atoms. The molecule has 0 aliphatic carbocycles. The number of imidazole rings is 4. The van der Waals surface area contributed by atoms with Crippen molar-refractivity contribution in [2.45, 2.75) is 356 Å². The molecule has 8 heteroatoms. The van der Waals surface area contributed by atoms with Gasteiger partial charge < -0.3 is 0 Å². The van der Waals surface area contributed by atoms with Gasteiger partial charge in [-0.3, -0.25) is 0 Å². The van der Waals surface area contributed by atoms with Gasteiger partial charge in [0, 0.05) is 26.2 Å². The third kappa shape index (κ3) is 37.0. The van der Waals surface area contributed by atoms with E-state index < -0.39 is 0 Å². The standard InChI is InChI=1S/C18H35N2.2C17H33N2.C14H27N2.4CH4/c1-6-7-8-9-10-11-12-13-14-20-15-17(18(2,3)4)19(5)16-20;1-6-7-8-9-10-11-12-13-14-19-16(3)15(2)18(5)17(19)4;1-5-6-7-8-9-10-11-12-13-19-15-14-18(4)17(19)16(2)3;1-3-4-5-6-7-8-9-10-11-16-13-12-15(2)14-16;;;;/h15-16H,6-14H2,1-5H3;6-14H2,1-5H3;14-16H,5-13H2,1-4H3;12-14H,3-11H2,1-2H3;4*1H4/q4*+1;;;;. The molecule has 0 aliphatic rings. The quantitative estimate of drug-likeness (QED) is 0.0319. The lowest BCUT2D eigenvalue weighted by molar-refractivity contribution is -0.697. The van der Waals surface area contributed by atoms with Gasteiger partial charge in [-0.1, -0.05) is 246 Å². The van der Waals surface area contributed by atoms with Crippen molar-refractivity contribution < 1.29 is 18.3 Å². The highest BCUT2D eigenvalue weighted by Crippen LogP contribution is 2.20. The molecule has 0 atom stereocenters. The minimum atomic E-state index is 0. The fourth-order valence-electron chi connectivity index (χ4n) is 10.6. The van der Waals surface area contributed by atoms with E-state index in [1.54, 1.807) is 0 Å². The molecule has 460 valence electrons. The summed E-state index contributed by atoms with van der Waals surface area (Å²) in [7, 11) is 8.55. The van der Waals surface area contributed by atoms with Crippen LogP contribution in [-0.2, 0) is 59.8 Å². The Morgan fingerprint density at radius 1 is 0.487 bits per heavy atom. The Kier molecular flexibility index (Phi) is 52.9. The van der Waals surface area contributed by atoms with Gasteiger partial charge in [0.25, 0.3) is 11.6 Å². The fraction of sp³-hybridized carbons (Fsp3) is 0.829. The maximum Gasteiger partial charge on any atom is 0.258 e. The lowest BCUT2D eigenvalue weighted by Crippen LogP contribution is -2.33. The highest BCUT2D eigenvalue weighted by atomic mass is 15.2. The largest absolute Gasteiger partial charge is 0.258 e. The number of hydrogen-bond donors (Lipinski definition) is 0. The molecule has 0 N–H and O–H groups in total. The second-order valence-electron chi connectivity index (χ2n) is 24.0. The summed E-state index contributed by atoms with van der Waals surface area (Å²) in [5.41, 5.74) is 4.48. The van der Waals surface area contributed by atoms with E-state index in [0.29, 0.717) is 5.92 Å². The Morgan fingerprint density at radius 3 is 1.24 bits per heavy atom. The summed E-state index contributed by atoms with van der Waals surface area (Å²) in [5.74, 6) is 3.44. The fourth-order valence-corrected chi connectivity index (χ4v) is 10.6. The van der Waals surface area contributed by atoms with E-state index in [2.05, 4.69) is 191 Å². The van der Waals surface area contributed by atoms with Crippen LogP contribution < -0.4 is 18.3 Å². The molecule has 0 saturated carbocycles. The lowest BCUT2D eigenvalue weighted by atomic mass is 9.93. The summed E-state index contributed by atoms with van der Waals surface area (Å²) in [6.45, 7) is 31.9. The van der Waals surface area contributed by atoms with Crippen molar-refractivity contribution >= 4 is 0 Å². The smallest absolute Gasteiger partial charge is 0.240 e. The zero-order valence-electron chi connectivity index (χ0n) is 52.7. The van der Waals surface area contributed by atoms with Crippen LogP contribution in [0.1, 0.15) is 332 Å². The Hall–Kier alpha value is -3.16. The van der Waals surface area contributed by atoms with Crippen molar-refractivity contribution in [3.63, 3.8) is 0 Å². The van der Waals surface area contributed by atoms with Crippen LogP contribution in [0.3, 0.4) is 0 Å². The monoisotopic (exact) mass is 1100 g/mol. The number of aromatic nitrogens is 8. The third-order valence-electron chi connectivity index (χ3n) is 15.6. The van der Waals surface area contributed by atoms with E-state index in [1.165, 1.54) is 260 Å². The van der Waals surface area contributed by atoms with E-state index in [0.717, 1.165) is 0 Å². The Balaban J connectivity index is -0.000000461. The van der Waals surface area contributed by atoms with Gasteiger partial charge in [-0.15, -0.1) is 0 Å². The predicted molar refractivity (Wildman–Crippen MR) is 347 cm³/mol. The van der Waals surface area contributed by atoms with Crippen LogP contribution in [0.5, 0.6) is 0 Å². The van der Waals surface area contributed by atoms with Crippen molar-refractivity contribution in [3.8, 4) is 0 Å². The van der Waals surface area contributed by atoms with Crippen LogP contribution in [0.4, 0.5) is 0 Å². The average molecular weight is 1100 g/mol. The summed E-state index contributed by atoms with van der Waals surface area (Å²) < 4.78 is 18.5. The molecular formula is C70H144N8+4. The molecule has 4 heterocycles. The van der Waals surface area contributed by atoms with Crippen LogP contribution in [-0.4, -0.2) is 18.3 Å². The maximum absolute atomic E-state index is 2.48. The van der Waals surface area contributed by atoms with E-state index in [1.807, 2.05) is 0 Å². The van der Waals surface area contributed by atoms with Gasteiger partial charge in [-0.2, -0.15) is 0 Å². The number of unbranched alkanes of at least 4 members (excludes halogenated alkanes) is 28. The van der Waals surface area contributed by atoms with Crippen molar-refractivity contribution in [2.24, 2.45) is 28.2 Å². The topological polar surface area (TPSA) is 35.2 Å². The molecule has 0 spiro atoms. The molecule has 78 heavy (non-hydrogen) atoms. The second kappa shape index (κ2) is 50.8. The van der Waals surface area contributed by atoms with Crippen LogP contribution in [0.15, 0.2) is 43.6 Å². The van der Waals surface area contributed by atoms with Crippen LogP contribution in [0, 0.1) is 20.8 Å². The van der Waals surface area contributed by atoms with Crippen molar-refractivity contribution in [3.05, 3.63) is 72.4 Å². The predicted octanol–water partition coefficient (Wildman–Crippen LogP) is 19.7. The number of nitrogens with zero attached hydrogens (tertiary/aromatic N) is 8. The average Bonchev–Trinajstić information content (AvgIpc) is 4.12. The minimum absolute atomic E-state index is 0. The first-order valence-electron chi connectivity index (χ1n) is 31.7. The van der Waals surface area contributed by atoms with E-state index >= 15 is 0 Å². The van der Waals surface area contributed by atoms with Crippen molar-refractivity contribution in [1.29, 1.82) is 0 Å². The highest BCUT2D eigenvalue weighted by molar-refractivity contribution is 5.07. The Labute approximate surface area is 490 Å². The molecule has 0 aliphatic heterocycles. The first-order valence-corrected chi connectivity index (χ1v) is 31.7. The van der Waals surface area contributed by atoms with Crippen LogP contribution in [0.25, 0.3) is 0 Å². The van der Waals surface area contributed by atoms with Crippen LogP contribution in [0.2, 0.25) is 0 Å². The Bertz CT molecular complexity index is 1870. The first-order chi connectivity index (χ1) is 35.5. The molecule has 0 saturated heterocycles. The molecule has 4 rings (SSSR count). The van der Waals surface area contributed by atoms with Crippen molar-refractivity contribution in [2.75, 3.05) is 0 Å². The van der Waals surface area contributed by atoms with E-state index in [4.69, 9.17) is 0 Å². The van der Waals surface area contributed by atoms with Gasteiger partial charge in [0.2, 0.25) is 12.7 Å². The van der Waals surface area contributed by atoms with Gasteiger partial charge in [0.15, 0.2) is 0 Å². The molecule has 4 aromatic heterocycles. The summed E-state index contributed by atoms with van der Waals surface area (Å²) in [5, 5.41) is 0. The number of rotatable bonds is 37. The molecule has 0 aromatic carbocycles. The van der Waals surface area contributed by atoms with Gasteiger partial charge in [-0.05, 0) is 51.4 Å². The summed E-state index contributed by atoms with van der Waals surface area (Å²) in [4.78, 5) is 0. The highest BCUT2D eigenvalue weighted by Gasteiger charge is 2.24. The zero-order chi connectivity index (χ0) is 55.0. The molecule has 8 nitrogen and oxygen atoms in total. The number of aryl methyl sites for hydroxylation is 6. The van der Waals surface area contributed by atoms with Gasteiger partial charge in [-0.25, -0.2) is 36.5 Å². The molecule has 0 fully saturated rings. The number of hydrogen-bond acceptors (Lipinski definition) is 0. The SMILES string of the molecule is C.C.C.C.CCCCCCCCCC[n+]1cc(C(C)(C)C)n(C)c1.CCCCCCCCCCn1c(C)c(C)[n+](C)c1C.CCCCCCCCCCn1cc[n+](C)c1.CCCCCCCCCCn1cc[n+](C)c1C(C)C. The van der Waals surface area contributed by atoms with Crippen LogP contribution >= 0.6 is 0 Å². The minimum Gasteiger partial charge on any atom is -0.240 e. The maximum atomic E-state index is 2.48. The summed E-state index contributed by atoms with van der Waals surface area (Å²) >= 11 is 0. The zero-order valence-corrected chi connectivity index (χ0v) is 52.7. The lowest BCUT2D eigenvalue weighted by Gasteiger charge is -2.13. The Morgan fingerprint density at radius 2 is 0.885 bits per heavy atom. The summed E-state index contributed by atoms with van der Waals surface area (Å²) in [6.07, 6.45) is 60.0. The molecular weight excluding hydrogens is 953 g/mol. The molecule has 0 amide bonds. The van der Waals surface area contributed by atoms with Crippen molar-refractivity contribution in [1.82, 2.24) is 18.3 Å². The molecule has 0 radical (unpaired) electrons. The third-order valence-corrected chi connectivity index (χ3v) is 15.6.